The Kier molecular flexibility index (Phi) is 6.07. The fourth-order valence-electron chi connectivity index (χ4n) is 4.31. The van der Waals surface area contributed by atoms with Crippen molar-refractivity contribution >= 4 is 33.3 Å². The number of pyridine rings is 1. The molecule has 11 nitrogen and oxygen atoms in total. The molecule has 5 rings (SSSR count). The lowest BCUT2D eigenvalue weighted by atomic mass is 10.0. The number of aromatic nitrogens is 4. The van der Waals surface area contributed by atoms with E-state index >= 15 is 0 Å². The number of benzene rings is 1. The number of nitrogens with one attached hydrogen (secondary N) is 4. The highest BCUT2D eigenvalue weighted by Crippen LogP contribution is 2.44. The molecule has 3 aromatic heterocycles. The van der Waals surface area contributed by atoms with E-state index in [9.17, 15) is 26.8 Å². The first-order valence-electron chi connectivity index (χ1n) is 11.2. The van der Waals surface area contributed by atoms with Gasteiger partial charge < -0.3 is 15.6 Å². The number of hydrogen-bond donors (Lipinski definition) is 4. The van der Waals surface area contributed by atoms with Crippen LogP contribution in [0.3, 0.4) is 0 Å². The van der Waals surface area contributed by atoms with Gasteiger partial charge in [-0.25, -0.2) is 17.2 Å². The van der Waals surface area contributed by atoms with Gasteiger partial charge in [-0.05, 0) is 44.2 Å². The van der Waals surface area contributed by atoms with Crippen molar-refractivity contribution in [2.75, 3.05) is 10.6 Å². The van der Waals surface area contributed by atoms with Crippen molar-refractivity contribution in [3.8, 4) is 0 Å². The van der Waals surface area contributed by atoms with Crippen molar-refractivity contribution in [1.29, 1.82) is 0 Å². The number of fused-ring (bicyclic) bond motifs is 1. The number of aromatic amines is 2. The predicted molar refractivity (Wildman–Crippen MR) is 132 cm³/mol. The van der Waals surface area contributed by atoms with Gasteiger partial charge in [-0.2, -0.15) is 9.40 Å². The molecule has 1 aliphatic rings. The molecule has 4 heterocycles. The molecule has 0 saturated heterocycles. The second-order valence-electron chi connectivity index (χ2n) is 9.01. The molecule has 4 aromatic rings. The third kappa shape index (κ3) is 4.33. The Balaban J connectivity index is 1.41. The number of sulfonamides is 1. The molecule has 0 bridgehead atoms. The van der Waals surface area contributed by atoms with Crippen LogP contribution in [0.4, 0.5) is 20.3 Å². The zero-order chi connectivity index (χ0) is 27.2. The molecule has 14 heteroatoms. The van der Waals surface area contributed by atoms with Crippen molar-refractivity contribution < 1.29 is 26.8 Å². The Hall–Kier alpha value is -4.43. The first-order chi connectivity index (χ1) is 18.0. The van der Waals surface area contributed by atoms with Gasteiger partial charge in [0.25, 0.3) is 11.8 Å². The second kappa shape index (κ2) is 9.15. The summed E-state index contributed by atoms with van der Waals surface area (Å²) in [5.41, 5.74) is 0.131. The molecule has 1 aliphatic heterocycles. The summed E-state index contributed by atoms with van der Waals surface area (Å²) in [6.45, 7) is 2.99. The van der Waals surface area contributed by atoms with E-state index in [0.29, 0.717) is 17.3 Å². The van der Waals surface area contributed by atoms with Gasteiger partial charge in [0.15, 0.2) is 5.82 Å². The summed E-state index contributed by atoms with van der Waals surface area (Å²) >= 11 is 0. The number of carbonyl (C=O) groups excluding carboxylic acids is 2. The normalized spacial score (nSPS) is 14.7. The Morgan fingerprint density at radius 1 is 1.08 bits per heavy atom. The van der Waals surface area contributed by atoms with Crippen LogP contribution in [0, 0.1) is 11.6 Å². The maximum absolute atomic E-state index is 13.8. The zero-order valence-electron chi connectivity index (χ0n) is 20.0. The monoisotopic (exact) mass is 541 g/mol. The molecule has 0 saturated carbocycles. The van der Waals surface area contributed by atoms with Crippen LogP contribution in [0.25, 0.3) is 0 Å². The summed E-state index contributed by atoms with van der Waals surface area (Å²) < 4.78 is 55.3. The number of nitrogens with zero attached hydrogens (tertiary/aromatic N) is 3. The minimum atomic E-state index is -4.33. The van der Waals surface area contributed by atoms with Crippen LogP contribution in [0.1, 0.15) is 46.0 Å². The summed E-state index contributed by atoms with van der Waals surface area (Å²) in [6.07, 6.45) is 4.28. The van der Waals surface area contributed by atoms with Gasteiger partial charge >= 0.3 is 0 Å². The Morgan fingerprint density at radius 3 is 2.50 bits per heavy atom. The highest BCUT2D eigenvalue weighted by molar-refractivity contribution is 7.89. The third-order valence-electron chi connectivity index (χ3n) is 6.22. The summed E-state index contributed by atoms with van der Waals surface area (Å²) in [7, 11) is -4.33. The van der Waals surface area contributed by atoms with Gasteiger partial charge in [0, 0.05) is 30.6 Å². The molecule has 0 aliphatic carbocycles. The summed E-state index contributed by atoms with van der Waals surface area (Å²) in [4.78, 5) is 31.8. The van der Waals surface area contributed by atoms with E-state index in [1.165, 1.54) is 18.5 Å². The average Bonchev–Trinajstić information content (AvgIpc) is 3.58. The fourth-order valence-corrected chi connectivity index (χ4v) is 6.08. The number of amides is 2. The lowest BCUT2D eigenvalue weighted by Crippen LogP contribution is -2.40. The van der Waals surface area contributed by atoms with Gasteiger partial charge in [0.2, 0.25) is 10.0 Å². The molecule has 0 atom stereocenters. The largest absolute Gasteiger partial charge is 0.357 e. The van der Waals surface area contributed by atoms with E-state index in [1.807, 2.05) is 0 Å². The van der Waals surface area contributed by atoms with Crippen molar-refractivity contribution in [3.63, 3.8) is 0 Å². The summed E-state index contributed by atoms with van der Waals surface area (Å²) in [6, 6.07) is 6.70. The fraction of sp³-hybridized carbons (Fsp3) is 0.167. The zero-order valence-corrected chi connectivity index (χ0v) is 20.9. The Labute approximate surface area is 215 Å². The van der Waals surface area contributed by atoms with Crippen LogP contribution >= 0.6 is 0 Å². The lowest BCUT2D eigenvalue weighted by molar-refractivity contribution is 0.102. The number of H-pyrrole nitrogens is 2. The molecular weight excluding hydrogens is 520 g/mol. The molecule has 0 radical (unpaired) electrons. The Morgan fingerprint density at radius 2 is 1.82 bits per heavy atom. The topological polar surface area (TPSA) is 153 Å². The van der Waals surface area contributed by atoms with E-state index in [2.05, 4.69) is 30.8 Å². The van der Waals surface area contributed by atoms with E-state index in [0.717, 1.165) is 16.4 Å². The maximum Gasteiger partial charge on any atom is 0.272 e. The van der Waals surface area contributed by atoms with Gasteiger partial charge in [-0.3, -0.25) is 19.7 Å². The number of halogens is 2. The average molecular weight is 542 g/mol. The van der Waals surface area contributed by atoms with Gasteiger partial charge in [-0.1, -0.05) is 0 Å². The molecule has 4 N–H and O–H groups in total. The minimum absolute atomic E-state index is 0.0691. The highest BCUT2D eigenvalue weighted by atomic mass is 32.2. The number of carbonyl (C=O) groups is 2. The first kappa shape index (κ1) is 25.2. The van der Waals surface area contributed by atoms with E-state index in [4.69, 9.17) is 0 Å². The molecule has 0 unspecified atom stereocenters. The van der Waals surface area contributed by atoms with Gasteiger partial charge in [-0.15, -0.1) is 0 Å². The highest BCUT2D eigenvalue weighted by Gasteiger charge is 2.48. The van der Waals surface area contributed by atoms with E-state index < -0.39 is 43.9 Å². The lowest BCUT2D eigenvalue weighted by Gasteiger charge is -2.30. The molecule has 0 fully saturated rings. The standard InChI is InChI=1S/C24H21F2N7O4S/c1-24(2)20-17(12-33(24)38(36,37)15-9-13(25)8-14(26)10-15)21(32-31-20)30-22(34)16-5-7-27-11-19(16)29-23(35)18-4-3-6-28-18/h3-11,28H,12H2,1-2H3,(H,29,35)(H2,30,31,32,34). The van der Waals surface area contributed by atoms with Crippen molar-refractivity contribution in [1.82, 2.24) is 24.5 Å². The Bertz CT molecular complexity index is 1650. The molecule has 196 valence electrons. The van der Waals surface area contributed by atoms with Crippen LogP contribution < -0.4 is 10.6 Å². The molecule has 2 amide bonds. The first-order valence-corrected chi connectivity index (χ1v) is 12.7. The van der Waals surface area contributed by atoms with Crippen molar-refractivity contribution in [3.05, 3.63) is 89.1 Å². The van der Waals surface area contributed by atoms with E-state index in [1.54, 1.807) is 32.2 Å². The number of anilines is 2. The predicted octanol–water partition coefficient (Wildman–Crippen LogP) is 3.36. The molecule has 38 heavy (non-hydrogen) atoms. The molecular formula is C24H21F2N7O4S. The molecule has 1 aromatic carbocycles. The van der Waals surface area contributed by atoms with Crippen LogP contribution in [0.2, 0.25) is 0 Å². The van der Waals surface area contributed by atoms with E-state index in [-0.39, 0.29) is 29.3 Å². The summed E-state index contributed by atoms with van der Waals surface area (Å²) in [5.74, 6) is -3.08. The minimum Gasteiger partial charge on any atom is -0.357 e. The smallest absolute Gasteiger partial charge is 0.272 e. The summed E-state index contributed by atoms with van der Waals surface area (Å²) in [5, 5.41) is 12.2. The van der Waals surface area contributed by atoms with Gasteiger partial charge in [0.1, 0.15) is 17.3 Å². The third-order valence-corrected chi connectivity index (χ3v) is 8.21. The SMILES string of the molecule is CC1(C)c2[nH]nc(NC(=O)c3ccncc3NC(=O)c3ccc[nH]3)c2CN1S(=O)(=O)c1cc(F)cc(F)c1. The van der Waals surface area contributed by atoms with Crippen LogP contribution in [0.5, 0.6) is 0 Å². The maximum atomic E-state index is 13.8. The van der Waals surface area contributed by atoms with Crippen molar-refractivity contribution in [2.45, 2.75) is 30.8 Å². The number of rotatable bonds is 6. The van der Waals surface area contributed by atoms with Crippen LogP contribution in [-0.2, 0) is 22.1 Å². The molecule has 0 spiro atoms. The second-order valence-corrected chi connectivity index (χ2v) is 10.9. The quantitative estimate of drug-likeness (QED) is 0.294. The number of hydrogen-bond acceptors (Lipinski definition) is 6. The van der Waals surface area contributed by atoms with Gasteiger partial charge in [0.05, 0.1) is 33.6 Å². The van der Waals surface area contributed by atoms with Crippen LogP contribution in [0.15, 0.2) is 59.9 Å². The van der Waals surface area contributed by atoms with Crippen molar-refractivity contribution in [2.24, 2.45) is 0 Å². The van der Waals surface area contributed by atoms with Crippen LogP contribution in [-0.4, -0.2) is 44.7 Å².